The second-order valence-electron chi connectivity index (χ2n) is 7.54. The molecule has 27 heavy (non-hydrogen) atoms. The van der Waals surface area contributed by atoms with Gasteiger partial charge in [-0.15, -0.1) is 0 Å². The summed E-state index contributed by atoms with van der Waals surface area (Å²) in [6, 6.07) is 3.71. The molecule has 1 atom stereocenters. The zero-order valence-corrected chi connectivity index (χ0v) is 16.5. The van der Waals surface area contributed by atoms with Crippen LogP contribution >= 0.6 is 0 Å². The van der Waals surface area contributed by atoms with Crippen LogP contribution in [0.25, 0.3) is 11.0 Å². The van der Waals surface area contributed by atoms with Crippen LogP contribution < -0.4 is 16.1 Å². The molecule has 1 aliphatic heterocycles. The van der Waals surface area contributed by atoms with Crippen LogP contribution in [0.5, 0.6) is 5.75 Å². The minimum atomic E-state index is -0.615. The number of carbonyl (C=O) groups excluding carboxylic acids is 1. The van der Waals surface area contributed by atoms with Crippen LogP contribution in [0.1, 0.15) is 36.5 Å². The Balaban J connectivity index is 1.86. The van der Waals surface area contributed by atoms with Crippen LogP contribution in [-0.4, -0.2) is 36.5 Å². The second kappa shape index (κ2) is 7.72. The average molecular weight is 372 g/mol. The molecule has 2 aromatic rings. The number of likely N-dealkylation sites (tertiary alicyclic amines) is 1. The number of ether oxygens (including phenoxy) is 1. The van der Waals surface area contributed by atoms with Gasteiger partial charge in [-0.3, -0.25) is 4.79 Å². The largest absolute Gasteiger partial charge is 0.480 e. The Morgan fingerprint density at radius 1 is 1.26 bits per heavy atom. The number of hydrogen-bond acceptors (Lipinski definition) is 5. The van der Waals surface area contributed by atoms with Crippen LogP contribution in [0, 0.1) is 26.7 Å². The van der Waals surface area contributed by atoms with Gasteiger partial charge in [-0.2, -0.15) is 0 Å². The van der Waals surface area contributed by atoms with Crippen molar-refractivity contribution in [1.82, 2.24) is 4.90 Å². The number of aryl methyl sites for hydroxylation is 2. The lowest BCUT2D eigenvalue weighted by Crippen LogP contribution is -2.45. The fraction of sp³-hybridized carbons (Fsp3) is 0.524. The molecular formula is C21H28N2O4. The van der Waals surface area contributed by atoms with Gasteiger partial charge in [-0.25, -0.2) is 4.79 Å². The Morgan fingerprint density at radius 3 is 2.56 bits per heavy atom. The molecule has 2 heterocycles. The standard InChI is InChI=1S/C21H28N2O4/c1-12-9-17(19-13(2)14(3)21(25)27-18(19)10-12)26-15(4)20(24)23-7-5-16(11-22)6-8-23/h9-10,15-16H,5-8,11,22H2,1-4H3. The first-order valence-corrected chi connectivity index (χ1v) is 9.52. The fourth-order valence-corrected chi connectivity index (χ4v) is 3.67. The zero-order valence-electron chi connectivity index (χ0n) is 16.5. The molecule has 2 N–H and O–H groups in total. The number of piperidine rings is 1. The van der Waals surface area contributed by atoms with E-state index in [4.69, 9.17) is 14.9 Å². The molecule has 1 saturated heterocycles. The van der Waals surface area contributed by atoms with Gasteiger partial charge < -0.3 is 19.8 Å². The molecule has 1 aliphatic rings. The summed E-state index contributed by atoms with van der Waals surface area (Å²) in [4.78, 5) is 26.7. The number of benzene rings is 1. The third-order valence-electron chi connectivity index (χ3n) is 5.57. The first-order valence-electron chi connectivity index (χ1n) is 9.52. The van der Waals surface area contributed by atoms with E-state index in [1.54, 1.807) is 13.8 Å². The smallest absolute Gasteiger partial charge is 0.339 e. The van der Waals surface area contributed by atoms with Crippen LogP contribution in [-0.2, 0) is 4.79 Å². The Bertz CT molecular complexity index is 911. The maximum absolute atomic E-state index is 12.8. The van der Waals surface area contributed by atoms with Gasteiger partial charge in [0.05, 0.1) is 5.39 Å². The summed E-state index contributed by atoms with van der Waals surface area (Å²) in [5.41, 5.74) is 8.16. The minimum Gasteiger partial charge on any atom is -0.480 e. The predicted octanol–water partition coefficient (Wildman–Crippen LogP) is 2.68. The third kappa shape index (κ3) is 3.86. The normalized spacial score (nSPS) is 16.6. The number of rotatable bonds is 4. The quantitative estimate of drug-likeness (QED) is 0.834. The zero-order chi connectivity index (χ0) is 19.7. The lowest BCUT2D eigenvalue weighted by Gasteiger charge is -2.33. The highest BCUT2D eigenvalue weighted by molar-refractivity contribution is 5.89. The summed E-state index contributed by atoms with van der Waals surface area (Å²) < 4.78 is 11.5. The Kier molecular flexibility index (Phi) is 5.56. The average Bonchev–Trinajstić information content (AvgIpc) is 2.65. The van der Waals surface area contributed by atoms with Gasteiger partial charge in [0.25, 0.3) is 5.91 Å². The van der Waals surface area contributed by atoms with E-state index < -0.39 is 6.10 Å². The van der Waals surface area contributed by atoms with Gasteiger partial charge in [0.15, 0.2) is 6.10 Å². The molecule has 1 unspecified atom stereocenters. The van der Waals surface area contributed by atoms with E-state index in [1.807, 2.05) is 30.9 Å². The first kappa shape index (κ1) is 19.4. The number of nitrogens with zero attached hydrogens (tertiary/aromatic N) is 1. The van der Waals surface area contributed by atoms with Crippen LogP contribution in [0.3, 0.4) is 0 Å². The summed E-state index contributed by atoms with van der Waals surface area (Å²) in [5, 5.41) is 0.749. The van der Waals surface area contributed by atoms with Gasteiger partial charge >= 0.3 is 5.63 Å². The third-order valence-corrected chi connectivity index (χ3v) is 5.57. The summed E-state index contributed by atoms with van der Waals surface area (Å²) >= 11 is 0. The van der Waals surface area contributed by atoms with Crippen molar-refractivity contribution in [3.05, 3.63) is 39.2 Å². The summed E-state index contributed by atoms with van der Waals surface area (Å²) in [5.74, 6) is 1.05. The molecule has 1 aromatic heterocycles. The second-order valence-corrected chi connectivity index (χ2v) is 7.54. The molecule has 3 rings (SSSR count). The summed E-state index contributed by atoms with van der Waals surface area (Å²) in [6.45, 7) is 9.40. The summed E-state index contributed by atoms with van der Waals surface area (Å²) in [6.07, 6.45) is 1.26. The van der Waals surface area contributed by atoms with Crippen LogP contribution in [0.15, 0.2) is 21.3 Å². The van der Waals surface area contributed by atoms with E-state index in [0.29, 0.717) is 29.4 Å². The number of nitrogens with two attached hydrogens (primary N) is 1. The van der Waals surface area contributed by atoms with Gasteiger partial charge in [0.2, 0.25) is 0 Å². The number of amides is 1. The highest BCUT2D eigenvalue weighted by atomic mass is 16.5. The fourth-order valence-electron chi connectivity index (χ4n) is 3.67. The van der Waals surface area contributed by atoms with Crippen LogP contribution in [0.4, 0.5) is 0 Å². The van der Waals surface area contributed by atoms with Gasteiger partial charge in [0, 0.05) is 18.7 Å². The number of carbonyl (C=O) groups is 1. The van der Waals surface area contributed by atoms with Crippen molar-refractivity contribution in [2.75, 3.05) is 19.6 Å². The van der Waals surface area contributed by atoms with Gasteiger partial charge in [0.1, 0.15) is 11.3 Å². The van der Waals surface area contributed by atoms with Gasteiger partial charge in [-0.05, 0) is 76.3 Å². The molecule has 0 saturated carbocycles. The highest BCUT2D eigenvalue weighted by Crippen LogP contribution is 2.32. The topological polar surface area (TPSA) is 85.8 Å². The minimum absolute atomic E-state index is 0.0214. The van der Waals surface area contributed by atoms with Crippen molar-refractivity contribution in [3.8, 4) is 5.75 Å². The Morgan fingerprint density at radius 2 is 1.93 bits per heavy atom. The molecule has 0 aliphatic carbocycles. The highest BCUT2D eigenvalue weighted by Gasteiger charge is 2.27. The Hall–Kier alpha value is -2.34. The van der Waals surface area contributed by atoms with E-state index in [9.17, 15) is 9.59 Å². The van der Waals surface area contributed by atoms with E-state index in [-0.39, 0.29) is 11.5 Å². The van der Waals surface area contributed by atoms with Crippen molar-refractivity contribution < 1.29 is 13.9 Å². The molecule has 0 bridgehead atoms. The van der Waals surface area contributed by atoms with Crippen LogP contribution in [0.2, 0.25) is 0 Å². The monoisotopic (exact) mass is 372 g/mol. The molecule has 0 spiro atoms. The molecule has 1 aromatic carbocycles. The van der Waals surface area contributed by atoms with Crippen molar-refractivity contribution in [1.29, 1.82) is 0 Å². The summed E-state index contributed by atoms with van der Waals surface area (Å²) in [7, 11) is 0. The lowest BCUT2D eigenvalue weighted by atomic mass is 9.97. The first-order chi connectivity index (χ1) is 12.8. The van der Waals surface area contributed by atoms with E-state index in [1.165, 1.54) is 0 Å². The maximum atomic E-state index is 12.8. The predicted molar refractivity (Wildman–Crippen MR) is 105 cm³/mol. The molecule has 1 fully saturated rings. The van der Waals surface area contributed by atoms with Crippen molar-refractivity contribution >= 4 is 16.9 Å². The van der Waals surface area contributed by atoms with E-state index >= 15 is 0 Å². The number of fused-ring (bicyclic) bond motifs is 1. The molecule has 146 valence electrons. The number of hydrogen-bond donors (Lipinski definition) is 1. The molecule has 0 radical (unpaired) electrons. The molecule has 6 nitrogen and oxygen atoms in total. The van der Waals surface area contributed by atoms with Gasteiger partial charge in [-0.1, -0.05) is 0 Å². The van der Waals surface area contributed by atoms with E-state index in [2.05, 4.69) is 0 Å². The van der Waals surface area contributed by atoms with Crippen molar-refractivity contribution in [2.24, 2.45) is 11.7 Å². The molecular weight excluding hydrogens is 344 g/mol. The van der Waals surface area contributed by atoms with Crippen molar-refractivity contribution in [3.63, 3.8) is 0 Å². The maximum Gasteiger partial charge on any atom is 0.339 e. The Labute approximate surface area is 159 Å². The molecule has 1 amide bonds. The lowest BCUT2D eigenvalue weighted by molar-refractivity contribution is -0.139. The SMILES string of the molecule is Cc1cc(OC(C)C(=O)N2CCC(CN)CC2)c2c(C)c(C)c(=O)oc2c1. The molecule has 6 heteroatoms. The van der Waals surface area contributed by atoms with Crippen molar-refractivity contribution in [2.45, 2.75) is 46.6 Å². The van der Waals surface area contributed by atoms with E-state index in [0.717, 1.165) is 42.4 Å².